The molecule has 1 aromatic heterocycles. The van der Waals surface area contributed by atoms with Crippen molar-refractivity contribution >= 4 is 11.3 Å². The average molecular weight is 302 g/mol. The van der Waals surface area contributed by atoms with E-state index in [-0.39, 0.29) is 0 Å². The molecule has 1 aliphatic carbocycles. The van der Waals surface area contributed by atoms with Crippen molar-refractivity contribution in [3.8, 4) is 5.75 Å². The van der Waals surface area contributed by atoms with Crippen LogP contribution < -0.4 is 10.1 Å². The number of hydrogen-bond acceptors (Lipinski definition) is 4. The minimum Gasteiger partial charge on any atom is -0.497 e. The van der Waals surface area contributed by atoms with E-state index < -0.39 is 0 Å². The fourth-order valence-corrected chi connectivity index (χ4v) is 3.75. The van der Waals surface area contributed by atoms with Crippen LogP contribution in [-0.4, -0.2) is 12.1 Å². The van der Waals surface area contributed by atoms with E-state index in [0.717, 1.165) is 25.1 Å². The molecule has 1 unspecified atom stereocenters. The van der Waals surface area contributed by atoms with Crippen LogP contribution in [0.1, 0.15) is 46.8 Å². The van der Waals surface area contributed by atoms with Gasteiger partial charge in [0.1, 0.15) is 10.8 Å². The van der Waals surface area contributed by atoms with Gasteiger partial charge in [-0.25, -0.2) is 4.98 Å². The number of methoxy groups -OCH3 is 1. The maximum Gasteiger partial charge on any atom is 0.119 e. The van der Waals surface area contributed by atoms with E-state index in [4.69, 9.17) is 4.74 Å². The predicted molar refractivity (Wildman–Crippen MR) is 87.0 cm³/mol. The summed E-state index contributed by atoms with van der Waals surface area (Å²) in [5.41, 5.74) is 2.85. The molecule has 0 aliphatic heterocycles. The van der Waals surface area contributed by atoms with E-state index in [1.165, 1.54) is 33.9 Å². The molecule has 1 atom stereocenters. The highest BCUT2D eigenvalue weighted by Gasteiger charge is 2.20. The van der Waals surface area contributed by atoms with E-state index in [1.54, 1.807) is 7.11 Å². The van der Waals surface area contributed by atoms with Gasteiger partial charge in [0.15, 0.2) is 0 Å². The van der Waals surface area contributed by atoms with Gasteiger partial charge < -0.3 is 10.1 Å². The van der Waals surface area contributed by atoms with Crippen LogP contribution in [0.25, 0.3) is 0 Å². The summed E-state index contributed by atoms with van der Waals surface area (Å²) in [4.78, 5) is 5.85. The monoisotopic (exact) mass is 302 g/mol. The van der Waals surface area contributed by atoms with Crippen LogP contribution in [0.3, 0.4) is 0 Å². The molecular weight excluding hydrogens is 280 g/mol. The smallest absolute Gasteiger partial charge is 0.119 e. The Morgan fingerprint density at radius 1 is 1.43 bits per heavy atom. The SMILES string of the molecule is CCc1cnc(CNC2CCCc3cc(OC)ccc32)s1. The van der Waals surface area contributed by atoms with Crippen molar-refractivity contribution in [2.24, 2.45) is 0 Å². The third-order valence-corrected chi connectivity index (χ3v) is 5.26. The number of aryl methyl sites for hydroxylation is 2. The van der Waals surface area contributed by atoms with Crippen LogP contribution in [0.5, 0.6) is 5.75 Å². The van der Waals surface area contributed by atoms with Crippen LogP contribution in [0.2, 0.25) is 0 Å². The zero-order chi connectivity index (χ0) is 14.7. The van der Waals surface area contributed by atoms with Crippen molar-refractivity contribution in [3.63, 3.8) is 0 Å². The maximum atomic E-state index is 5.33. The second-order valence-electron chi connectivity index (χ2n) is 5.46. The number of fused-ring (bicyclic) bond motifs is 1. The van der Waals surface area contributed by atoms with Gasteiger partial charge in [-0.05, 0) is 48.9 Å². The van der Waals surface area contributed by atoms with Gasteiger partial charge in [0.25, 0.3) is 0 Å². The third kappa shape index (κ3) is 3.27. The normalized spacial score (nSPS) is 17.5. The topological polar surface area (TPSA) is 34.2 Å². The van der Waals surface area contributed by atoms with Crippen molar-refractivity contribution < 1.29 is 4.74 Å². The van der Waals surface area contributed by atoms with E-state index in [2.05, 4.69) is 35.4 Å². The zero-order valence-electron chi connectivity index (χ0n) is 12.7. The molecule has 0 spiro atoms. The number of rotatable bonds is 5. The van der Waals surface area contributed by atoms with E-state index in [0.29, 0.717) is 6.04 Å². The lowest BCUT2D eigenvalue weighted by molar-refractivity contribution is 0.410. The molecule has 0 saturated heterocycles. The molecule has 1 heterocycles. The first-order chi connectivity index (χ1) is 10.3. The first kappa shape index (κ1) is 14.5. The van der Waals surface area contributed by atoms with Gasteiger partial charge in [-0.15, -0.1) is 11.3 Å². The number of nitrogens with one attached hydrogen (secondary N) is 1. The van der Waals surface area contributed by atoms with E-state index in [1.807, 2.05) is 17.5 Å². The maximum absolute atomic E-state index is 5.33. The summed E-state index contributed by atoms with van der Waals surface area (Å²) in [5.74, 6) is 0.960. The quantitative estimate of drug-likeness (QED) is 0.910. The highest BCUT2D eigenvalue weighted by Crippen LogP contribution is 2.32. The van der Waals surface area contributed by atoms with Crippen molar-refractivity contribution in [1.82, 2.24) is 10.3 Å². The molecule has 1 N–H and O–H groups in total. The Labute approximate surface area is 130 Å². The molecule has 3 rings (SSSR count). The predicted octanol–water partition coefficient (Wildman–Crippen LogP) is 3.88. The van der Waals surface area contributed by atoms with Crippen LogP contribution in [0, 0.1) is 0 Å². The first-order valence-corrected chi connectivity index (χ1v) is 8.45. The lowest BCUT2D eigenvalue weighted by Crippen LogP contribution is -2.24. The lowest BCUT2D eigenvalue weighted by atomic mass is 9.87. The minimum atomic E-state index is 0.439. The second-order valence-corrected chi connectivity index (χ2v) is 6.66. The van der Waals surface area contributed by atoms with Gasteiger partial charge in [0.2, 0.25) is 0 Å². The molecule has 0 radical (unpaired) electrons. The van der Waals surface area contributed by atoms with Crippen LogP contribution in [0.15, 0.2) is 24.4 Å². The Morgan fingerprint density at radius 2 is 2.33 bits per heavy atom. The Morgan fingerprint density at radius 3 is 3.10 bits per heavy atom. The minimum absolute atomic E-state index is 0.439. The third-order valence-electron chi connectivity index (χ3n) is 4.11. The molecule has 0 bridgehead atoms. The molecular formula is C17H22N2OS. The standard InChI is InChI=1S/C17H22N2OS/c1-3-14-10-19-17(21-14)11-18-16-6-4-5-12-9-13(20-2)7-8-15(12)16/h7-10,16,18H,3-6,11H2,1-2H3. The number of nitrogens with zero attached hydrogens (tertiary/aromatic N) is 1. The van der Waals surface area contributed by atoms with Gasteiger partial charge in [0, 0.05) is 23.7 Å². The van der Waals surface area contributed by atoms with Gasteiger partial charge in [0.05, 0.1) is 7.11 Å². The zero-order valence-corrected chi connectivity index (χ0v) is 13.5. The molecule has 0 saturated carbocycles. The molecule has 2 aromatic rings. The number of ether oxygens (including phenoxy) is 1. The van der Waals surface area contributed by atoms with E-state index >= 15 is 0 Å². The van der Waals surface area contributed by atoms with Crippen LogP contribution in [0.4, 0.5) is 0 Å². The average Bonchev–Trinajstić information content (AvgIpc) is 3.00. The largest absolute Gasteiger partial charge is 0.497 e. The van der Waals surface area contributed by atoms with E-state index in [9.17, 15) is 0 Å². The number of thiazole rings is 1. The fraction of sp³-hybridized carbons (Fsp3) is 0.471. The second kappa shape index (κ2) is 6.58. The summed E-state index contributed by atoms with van der Waals surface area (Å²) < 4.78 is 5.33. The molecule has 21 heavy (non-hydrogen) atoms. The van der Waals surface area contributed by atoms with Crippen LogP contribution in [-0.2, 0) is 19.4 Å². The van der Waals surface area contributed by atoms with Gasteiger partial charge in [-0.1, -0.05) is 13.0 Å². The van der Waals surface area contributed by atoms with Gasteiger partial charge in [-0.3, -0.25) is 0 Å². The molecule has 0 amide bonds. The Kier molecular flexibility index (Phi) is 4.56. The van der Waals surface area contributed by atoms with Crippen molar-refractivity contribution in [3.05, 3.63) is 45.4 Å². The number of aromatic nitrogens is 1. The molecule has 1 aliphatic rings. The first-order valence-electron chi connectivity index (χ1n) is 7.64. The molecule has 1 aromatic carbocycles. The molecule has 4 heteroatoms. The fourth-order valence-electron chi connectivity index (χ4n) is 2.93. The van der Waals surface area contributed by atoms with Crippen molar-refractivity contribution in [2.45, 2.75) is 45.2 Å². The van der Waals surface area contributed by atoms with Gasteiger partial charge >= 0.3 is 0 Å². The summed E-state index contributed by atoms with van der Waals surface area (Å²) in [5, 5.41) is 4.86. The summed E-state index contributed by atoms with van der Waals surface area (Å²) in [6.45, 7) is 3.04. The highest BCUT2D eigenvalue weighted by molar-refractivity contribution is 7.11. The van der Waals surface area contributed by atoms with Crippen molar-refractivity contribution in [1.29, 1.82) is 0 Å². The lowest BCUT2D eigenvalue weighted by Gasteiger charge is -2.26. The van der Waals surface area contributed by atoms with Gasteiger partial charge in [-0.2, -0.15) is 0 Å². The highest BCUT2D eigenvalue weighted by atomic mass is 32.1. The Hall–Kier alpha value is -1.39. The molecule has 112 valence electrons. The van der Waals surface area contributed by atoms with Crippen LogP contribution >= 0.6 is 11.3 Å². The molecule has 3 nitrogen and oxygen atoms in total. The summed E-state index contributed by atoms with van der Waals surface area (Å²) in [6, 6.07) is 6.90. The summed E-state index contributed by atoms with van der Waals surface area (Å²) >= 11 is 1.82. The molecule has 0 fully saturated rings. The Bertz CT molecular complexity index is 609. The summed E-state index contributed by atoms with van der Waals surface area (Å²) in [6.07, 6.45) is 6.66. The summed E-state index contributed by atoms with van der Waals surface area (Å²) in [7, 11) is 1.73. The number of hydrogen-bond donors (Lipinski definition) is 1. The Balaban J connectivity index is 1.70. The number of benzene rings is 1. The van der Waals surface area contributed by atoms with Crippen molar-refractivity contribution in [2.75, 3.05) is 7.11 Å².